The molecule has 0 radical (unpaired) electrons. The minimum atomic E-state index is -1.14. The van der Waals surface area contributed by atoms with Crippen LogP contribution in [0.5, 0.6) is 0 Å². The van der Waals surface area contributed by atoms with E-state index in [1.54, 1.807) is 0 Å². The molecule has 0 amide bonds. The number of aliphatic hydroxyl groups excluding tert-OH is 1. The van der Waals surface area contributed by atoms with Gasteiger partial charge in [-0.1, -0.05) is 6.07 Å². The van der Waals surface area contributed by atoms with E-state index >= 15 is 0 Å². The molecule has 94 valence electrons. The first kappa shape index (κ1) is 12.8. The molecule has 0 aliphatic carbocycles. The van der Waals surface area contributed by atoms with E-state index in [0.29, 0.717) is 6.04 Å². The quantitative estimate of drug-likeness (QED) is 0.868. The molecular weight excluding hydrogens is 244 g/mol. The molecule has 1 heterocycles. The normalized spacial score (nSPS) is 21.7. The van der Waals surface area contributed by atoms with Crippen LogP contribution in [0.25, 0.3) is 0 Å². The first-order valence-electron chi connectivity index (χ1n) is 5.61. The molecule has 5 heteroatoms. The molecule has 0 spiro atoms. The first-order chi connectivity index (χ1) is 8.18. The molecule has 2 rings (SSSR count). The molecule has 0 saturated carbocycles. The maximum atomic E-state index is 13.4. The fourth-order valence-corrected chi connectivity index (χ4v) is 3.09. The highest BCUT2D eigenvalue weighted by atomic mass is 32.2. The van der Waals surface area contributed by atoms with Gasteiger partial charge in [-0.3, -0.25) is 0 Å². The molecule has 17 heavy (non-hydrogen) atoms. The summed E-state index contributed by atoms with van der Waals surface area (Å²) < 4.78 is 26.7. The lowest BCUT2D eigenvalue weighted by Crippen LogP contribution is -2.33. The van der Waals surface area contributed by atoms with Crippen LogP contribution in [0, 0.1) is 11.6 Å². The summed E-state index contributed by atoms with van der Waals surface area (Å²) in [5.74, 6) is 0.703. The van der Waals surface area contributed by atoms with Crippen molar-refractivity contribution in [2.24, 2.45) is 0 Å². The molecule has 1 fully saturated rings. The summed E-state index contributed by atoms with van der Waals surface area (Å²) in [5.41, 5.74) is -0.245. The number of benzene rings is 1. The van der Waals surface area contributed by atoms with Gasteiger partial charge in [0.05, 0.1) is 11.7 Å². The minimum Gasteiger partial charge on any atom is -0.387 e. The van der Waals surface area contributed by atoms with Crippen molar-refractivity contribution in [2.45, 2.75) is 18.6 Å². The summed E-state index contributed by atoms with van der Waals surface area (Å²) in [4.78, 5) is 0. The highest BCUT2D eigenvalue weighted by molar-refractivity contribution is 7.99. The van der Waals surface area contributed by atoms with Crippen LogP contribution in [0.2, 0.25) is 0 Å². The summed E-state index contributed by atoms with van der Waals surface area (Å²) >= 11 is 1.84. The Kier molecular flexibility index (Phi) is 4.36. The third-order valence-electron chi connectivity index (χ3n) is 2.86. The van der Waals surface area contributed by atoms with E-state index in [0.717, 1.165) is 30.1 Å². The van der Waals surface area contributed by atoms with Crippen molar-refractivity contribution in [1.82, 2.24) is 5.32 Å². The molecular formula is C12H15F2NOS. The van der Waals surface area contributed by atoms with Gasteiger partial charge in [0, 0.05) is 18.3 Å². The smallest absolute Gasteiger partial charge is 0.131 e. The van der Waals surface area contributed by atoms with E-state index in [2.05, 4.69) is 5.32 Å². The maximum absolute atomic E-state index is 13.4. The van der Waals surface area contributed by atoms with Crippen LogP contribution >= 0.6 is 11.8 Å². The Labute approximate surface area is 103 Å². The van der Waals surface area contributed by atoms with E-state index in [1.807, 2.05) is 11.8 Å². The van der Waals surface area contributed by atoms with Crippen LogP contribution in [0.1, 0.15) is 18.1 Å². The summed E-state index contributed by atoms with van der Waals surface area (Å²) in [6.07, 6.45) is -0.0984. The molecule has 1 saturated heterocycles. The van der Waals surface area contributed by atoms with Crippen molar-refractivity contribution < 1.29 is 13.9 Å². The molecule has 2 N–H and O–H groups in total. The third kappa shape index (κ3) is 3.18. The van der Waals surface area contributed by atoms with Gasteiger partial charge in [0.15, 0.2) is 0 Å². The van der Waals surface area contributed by atoms with Gasteiger partial charge in [-0.15, -0.1) is 0 Å². The predicted molar refractivity (Wildman–Crippen MR) is 65.1 cm³/mol. The molecule has 1 aromatic rings. The molecule has 2 atom stereocenters. The van der Waals surface area contributed by atoms with Gasteiger partial charge in [0.1, 0.15) is 11.6 Å². The fourth-order valence-electron chi connectivity index (χ4n) is 1.90. The summed E-state index contributed by atoms with van der Waals surface area (Å²) in [6.45, 7) is 0.184. The first-order valence-corrected chi connectivity index (χ1v) is 6.77. The van der Waals surface area contributed by atoms with E-state index in [9.17, 15) is 13.9 Å². The van der Waals surface area contributed by atoms with Crippen molar-refractivity contribution in [3.8, 4) is 0 Å². The average Bonchev–Trinajstić information content (AvgIpc) is 2.79. The number of nitrogens with one attached hydrogen (secondary N) is 1. The van der Waals surface area contributed by atoms with Crippen LogP contribution < -0.4 is 5.32 Å². The van der Waals surface area contributed by atoms with Crippen molar-refractivity contribution in [3.63, 3.8) is 0 Å². The van der Waals surface area contributed by atoms with Crippen LogP contribution in [0.3, 0.4) is 0 Å². The Bertz CT molecular complexity index is 363. The Morgan fingerprint density at radius 2 is 2.12 bits per heavy atom. The lowest BCUT2D eigenvalue weighted by Gasteiger charge is -2.16. The SMILES string of the molecule is OC(CNC1CCSC1)c1c(F)cccc1F. The molecule has 1 aliphatic rings. The highest BCUT2D eigenvalue weighted by Gasteiger charge is 2.20. The average molecular weight is 259 g/mol. The maximum Gasteiger partial charge on any atom is 0.131 e. The lowest BCUT2D eigenvalue weighted by atomic mass is 10.1. The molecule has 1 aromatic carbocycles. The van der Waals surface area contributed by atoms with E-state index in [4.69, 9.17) is 0 Å². The lowest BCUT2D eigenvalue weighted by molar-refractivity contribution is 0.161. The minimum absolute atomic E-state index is 0.184. The topological polar surface area (TPSA) is 32.3 Å². The van der Waals surface area contributed by atoms with Gasteiger partial charge >= 0.3 is 0 Å². The second-order valence-electron chi connectivity index (χ2n) is 4.12. The second kappa shape index (κ2) is 5.80. The Morgan fingerprint density at radius 3 is 2.71 bits per heavy atom. The van der Waals surface area contributed by atoms with Crippen molar-refractivity contribution >= 4 is 11.8 Å². The van der Waals surface area contributed by atoms with Crippen LogP contribution in [0.15, 0.2) is 18.2 Å². The molecule has 0 aromatic heterocycles. The number of aliphatic hydroxyl groups is 1. The predicted octanol–water partition coefficient (Wildman–Crippen LogP) is 2.09. The van der Waals surface area contributed by atoms with Gasteiger partial charge in [0.25, 0.3) is 0 Å². The highest BCUT2D eigenvalue weighted by Crippen LogP contribution is 2.21. The van der Waals surface area contributed by atoms with E-state index < -0.39 is 17.7 Å². The van der Waals surface area contributed by atoms with Gasteiger partial charge in [-0.2, -0.15) is 11.8 Å². The van der Waals surface area contributed by atoms with Gasteiger partial charge in [0.2, 0.25) is 0 Å². The van der Waals surface area contributed by atoms with Crippen LogP contribution in [-0.4, -0.2) is 29.2 Å². The fraction of sp³-hybridized carbons (Fsp3) is 0.500. The summed E-state index contributed by atoms with van der Waals surface area (Å²) in [7, 11) is 0. The number of rotatable bonds is 4. The monoisotopic (exact) mass is 259 g/mol. The number of thioether (sulfide) groups is 1. The number of hydrogen-bond acceptors (Lipinski definition) is 3. The Balaban J connectivity index is 1.96. The van der Waals surface area contributed by atoms with Gasteiger partial charge < -0.3 is 10.4 Å². The number of hydrogen-bond donors (Lipinski definition) is 2. The van der Waals surface area contributed by atoms with Crippen molar-refractivity contribution in [3.05, 3.63) is 35.4 Å². The Morgan fingerprint density at radius 1 is 1.41 bits per heavy atom. The van der Waals surface area contributed by atoms with Crippen LogP contribution in [-0.2, 0) is 0 Å². The summed E-state index contributed by atoms with van der Waals surface area (Å²) in [6, 6.07) is 3.95. The molecule has 2 unspecified atom stereocenters. The van der Waals surface area contributed by atoms with Crippen LogP contribution in [0.4, 0.5) is 8.78 Å². The van der Waals surface area contributed by atoms with Gasteiger partial charge in [-0.05, 0) is 24.3 Å². The number of halogens is 2. The van der Waals surface area contributed by atoms with E-state index in [1.165, 1.54) is 6.07 Å². The molecule has 2 nitrogen and oxygen atoms in total. The standard InChI is InChI=1S/C12H15F2NOS/c13-9-2-1-3-10(14)12(9)11(16)6-15-8-4-5-17-7-8/h1-3,8,11,15-16H,4-7H2. The zero-order valence-electron chi connectivity index (χ0n) is 9.33. The van der Waals surface area contributed by atoms with Crippen molar-refractivity contribution in [1.29, 1.82) is 0 Å². The zero-order valence-corrected chi connectivity index (χ0v) is 10.1. The van der Waals surface area contributed by atoms with E-state index in [-0.39, 0.29) is 12.1 Å². The zero-order chi connectivity index (χ0) is 12.3. The van der Waals surface area contributed by atoms with Gasteiger partial charge in [-0.25, -0.2) is 8.78 Å². The van der Waals surface area contributed by atoms with Crippen molar-refractivity contribution in [2.75, 3.05) is 18.1 Å². The largest absolute Gasteiger partial charge is 0.387 e. The molecule has 0 bridgehead atoms. The molecule has 1 aliphatic heterocycles. The third-order valence-corrected chi connectivity index (χ3v) is 4.02. The summed E-state index contributed by atoms with van der Waals surface area (Å²) in [5, 5.41) is 12.9. The second-order valence-corrected chi connectivity index (χ2v) is 5.27. The Hall–Kier alpha value is -0.650.